The van der Waals surface area contributed by atoms with E-state index >= 15 is 0 Å². The Labute approximate surface area is 622 Å². The van der Waals surface area contributed by atoms with Crippen LogP contribution in [0.25, 0.3) is 222 Å². The Bertz CT molecular complexity index is 7800. The Hall–Kier alpha value is -13.4. The summed E-state index contributed by atoms with van der Waals surface area (Å²) in [6.45, 7) is 0. The molecule has 0 aliphatic heterocycles. The second-order valence-electron chi connectivity index (χ2n) is 27.2. The maximum absolute atomic E-state index is 6.58. The Balaban J connectivity index is 0.000000111. The number of hydrogen-bond donors (Lipinski definition) is 1. The summed E-state index contributed by atoms with van der Waals surface area (Å²) in [6, 6.07) is 115. The van der Waals surface area contributed by atoms with Gasteiger partial charge in [-0.1, -0.05) is 267 Å². The standard InChI is InChI=1S/C48H27N3OS.C26H15ClN2O.C22H13NS/c1-2-12-31-27-32(26-23-28(31)11-1)29-21-24-30(25-22-29)43-46-44(36-16-6-9-19-39(36)52-46)50-48(49-43)51-38-18-8-5-15-35(38)42-45(51)34-14-4-3-13-33(34)41-37-17-7-10-20-40(37)53-47(41)42;27-26-28-23(25-24(29-26)21-7-3-4-8-22(21)30-25)18-12-9-17(10-13-18)20-14-11-16-5-1-2-6-19(16)15-20;1-2-8-14-13(7-1)19-16-10-4-6-12-18(16)24-22(19)20-15-9-3-5-11-17(15)23-21(14)20/h1-27H;1-15H;1-12,23H. The zero-order valence-corrected chi connectivity index (χ0v) is 59.3. The van der Waals surface area contributed by atoms with Crippen molar-refractivity contribution < 1.29 is 8.83 Å². The molecule has 8 aromatic heterocycles. The predicted molar refractivity (Wildman–Crippen MR) is 451 cm³/mol. The summed E-state index contributed by atoms with van der Waals surface area (Å²) >= 11 is 10.0. The van der Waals surface area contributed by atoms with E-state index in [1.54, 1.807) is 0 Å². The molecule has 8 heterocycles. The van der Waals surface area contributed by atoms with Crippen LogP contribution in [0.15, 0.2) is 336 Å². The van der Waals surface area contributed by atoms with Crippen LogP contribution in [0.5, 0.6) is 0 Å². The molecule has 1 N–H and O–H groups in total. The lowest BCUT2D eigenvalue weighted by atomic mass is 9.99. The van der Waals surface area contributed by atoms with Crippen molar-refractivity contribution in [3.8, 4) is 50.7 Å². The first kappa shape index (κ1) is 61.2. The average Bonchev–Trinajstić information content (AvgIpc) is 1.54. The Kier molecular flexibility index (Phi) is 13.9. The van der Waals surface area contributed by atoms with Crippen LogP contribution >= 0.6 is 34.3 Å². The van der Waals surface area contributed by atoms with Gasteiger partial charge in [-0.3, -0.25) is 4.57 Å². The van der Waals surface area contributed by atoms with Gasteiger partial charge in [0.25, 0.3) is 0 Å². The molecule has 0 bridgehead atoms. The summed E-state index contributed by atoms with van der Waals surface area (Å²) in [5, 5.41) is 22.5. The maximum atomic E-state index is 6.58. The van der Waals surface area contributed by atoms with Gasteiger partial charge in [-0.05, 0) is 127 Å². The third-order valence-electron chi connectivity index (χ3n) is 21.2. The number of para-hydroxylation sites is 4. The van der Waals surface area contributed by atoms with Crippen molar-refractivity contribution in [2.24, 2.45) is 0 Å². The number of hydrogen-bond acceptors (Lipinski definition) is 8. The molecule has 500 valence electrons. The molecular weight excluding hydrogens is 1370 g/mol. The third-order valence-corrected chi connectivity index (χ3v) is 23.8. The third kappa shape index (κ3) is 9.81. The molecule has 8 nitrogen and oxygen atoms in total. The van der Waals surface area contributed by atoms with Crippen LogP contribution in [-0.2, 0) is 0 Å². The lowest BCUT2D eigenvalue weighted by Crippen LogP contribution is -2.03. The van der Waals surface area contributed by atoms with Crippen molar-refractivity contribution in [3.63, 3.8) is 0 Å². The lowest BCUT2D eigenvalue weighted by molar-refractivity contribution is 0.666. The number of H-pyrrole nitrogens is 1. The highest BCUT2D eigenvalue weighted by molar-refractivity contribution is 7.27. The van der Waals surface area contributed by atoms with Gasteiger partial charge in [0.15, 0.2) is 11.2 Å². The number of nitrogens with one attached hydrogen (secondary N) is 1. The fourth-order valence-corrected chi connectivity index (χ4v) is 19.1. The average molecular weight is 1420 g/mol. The van der Waals surface area contributed by atoms with E-state index in [9.17, 15) is 0 Å². The molecule has 24 aromatic rings. The van der Waals surface area contributed by atoms with Crippen molar-refractivity contribution in [2.45, 2.75) is 0 Å². The number of aromatic nitrogens is 6. The summed E-state index contributed by atoms with van der Waals surface area (Å²) in [6.07, 6.45) is 0. The predicted octanol–water partition coefficient (Wildman–Crippen LogP) is 27.8. The summed E-state index contributed by atoms with van der Waals surface area (Å²) in [5.41, 5.74) is 17.1. The quantitative estimate of drug-likeness (QED) is 0.172. The highest BCUT2D eigenvalue weighted by Gasteiger charge is 2.26. The fourth-order valence-electron chi connectivity index (χ4n) is 16.3. The van der Waals surface area contributed by atoms with Gasteiger partial charge in [0, 0.05) is 100 Å². The van der Waals surface area contributed by atoms with Crippen LogP contribution in [0.3, 0.4) is 0 Å². The summed E-state index contributed by atoms with van der Waals surface area (Å²) < 4.78 is 20.3. The van der Waals surface area contributed by atoms with Crippen molar-refractivity contribution in [2.75, 3.05) is 0 Å². The molecular formula is C96H55ClN6O2S2. The first-order chi connectivity index (χ1) is 53.0. The molecule has 0 saturated carbocycles. The van der Waals surface area contributed by atoms with Crippen LogP contribution in [0.1, 0.15) is 0 Å². The molecule has 0 amide bonds. The molecule has 0 saturated heterocycles. The first-order valence-electron chi connectivity index (χ1n) is 35.7. The van der Waals surface area contributed by atoms with E-state index in [-0.39, 0.29) is 5.28 Å². The molecule has 107 heavy (non-hydrogen) atoms. The number of nitrogens with zero attached hydrogens (tertiary/aromatic N) is 5. The van der Waals surface area contributed by atoms with Gasteiger partial charge in [0.2, 0.25) is 11.2 Å². The second-order valence-corrected chi connectivity index (χ2v) is 29.7. The zero-order valence-electron chi connectivity index (χ0n) is 56.9. The van der Waals surface area contributed by atoms with Gasteiger partial charge in [-0.2, -0.15) is 0 Å². The van der Waals surface area contributed by atoms with Crippen LogP contribution in [0, 0.1) is 0 Å². The zero-order chi connectivity index (χ0) is 70.4. The van der Waals surface area contributed by atoms with Gasteiger partial charge in [0.05, 0.1) is 16.6 Å². The smallest absolute Gasteiger partial charge is 0.236 e. The topological polar surface area (TPSA) is 98.6 Å². The van der Waals surface area contributed by atoms with Crippen molar-refractivity contribution in [1.29, 1.82) is 0 Å². The molecule has 0 aliphatic carbocycles. The van der Waals surface area contributed by atoms with Crippen LogP contribution < -0.4 is 0 Å². The number of aromatic amines is 1. The van der Waals surface area contributed by atoms with Gasteiger partial charge < -0.3 is 13.8 Å². The normalized spacial score (nSPS) is 12.0. The molecule has 0 radical (unpaired) electrons. The first-order valence-corrected chi connectivity index (χ1v) is 37.7. The van der Waals surface area contributed by atoms with Gasteiger partial charge in [-0.25, -0.2) is 19.9 Å². The van der Waals surface area contributed by atoms with Crippen molar-refractivity contribution in [1.82, 2.24) is 29.5 Å². The van der Waals surface area contributed by atoms with Crippen LogP contribution in [0.2, 0.25) is 5.28 Å². The number of fused-ring (bicyclic) bond motifs is 28. The van der Waals surface area contributed by atoms with Crippen LogP contribution in [0.4, 0.5) is 0 Å². The minimum absolute atomic E-state index is 0.211. The van der Waals surface area contributed by atoms with E-state index in [0.717, 1.165) is 72.0 Å². The number of thiophene rings is 2. The summed E-state index contributed by atoms with van der Waals surface area (Å²) in [4.78, 5) is 23.4. The maximum Gasteiger partial charge on any atom is 0.236 e. The van der Waals surface area contributed by atoms with E-state index in [1.807, 2.05) is 65.1 Å². The Morgan fingerprint density at radius 1 is 0.308 bits per heavy atom. The highest BCUT2D eigenvalue weighted by atomic mass is 35.5. The molecule has 24 rings (SSSR count). The number of benzene rings is 16. The Morgan fingerprint density at radius 3 is 1.32 bits per heavy atom. The van der Waals surface area contributed by atoms with Crippen molar-refractivity contribution in [3.05, 3.63) is 333 Å². The van der Waals surface area contributed by atoms with Gasteiger partial charge in [0.1, 0.15) is 33.6 Å². The second kappa shape index (κ2) is 24.4. The molecule has 16 aromatic carbocycles. The molecule has 0 spiro atoms. The van der Waals surface area contributed by atoms with E-state index in [4.69, 9.17) is 30.4 Å². The van der Waals surface area contributed by atoms with E-state index in [0.29, 0.717) is 22.8 Å². The summed E-state index contributed by atoms with van der Waals surface area (Å²) in [7, 11) is 0. The van der Waals surface area contributed by atoms with Crippen molar-refractivity contribution >= 4 is 205 Å². The highest BCUT2D eigenvalue weighted by Crippen LogP contribution is 2.50. The molecule has 0 atom stereocenters. The molecule has 0 aliphatic rings. The monoisotopic (exact) mass is 1420 g/mol. The number of furan rings is 2. The van der Waals surface area contributed by atoms with E-state index in [2.05, 4.69) is 305 Å². The largest absolute Gasteiger partial charge is 0.452 e. The number of rotatable bonds is 5. The van der Waals surface area contributed by atoms with E-state index < -0.39 is 0 Å². The molecule has 0 unspecified atom stereocenters. The van der Waals surface area contributed by atoms with Crippen LogP contribution in [-0.4, -0.2) is 29.5 Å². The van der Waals surface area contributed by atoms with Gasteiger partial charge >= 0.3 is 0 Å². The molecule has 11 heteroatoms. The van der Waals surface area contributed by atoms with E-state index in [1.165, 1.54) is 127 Å². The minimum Gasteiger partial charge on any atom is -0.452 e. The lowest BCUT2D eigenvalue weighted by Gasteiger charge is -2.12. The Morgan fingerprint density at radius 2 is 0.729 bits per heavy atom. The SMILES string of the molecule is Clc1nc(-c2ccc(-c3ccc4ccccc4c3)cc2)c2oc3ccccc3c2n1.c1ccc2c(c1)[nH]c1c3ccccc3c3c4ccccc4sc3c21.c1ccc2cc(-c3ccc(-c4nc(-n5c6ccccc6c6c7sc8ccccc8c7c7ccccc7c65)nc5c4oc4ccccc45)cc3)ccc2c1. The number of halogens is 1. The minimum atomic E-state index is 0.211. The molecule has 0 fully saturated rings. The fraction of sp³-hybridized carbons (Fsp3) is 0. The summed E-state index contributed by atoms with van der Waals surface area (Å²) in [5.74, 6) is 0.620. The van der Waals surface area contributed by atoms with Gasteiger partial charge in [-0.15, -0.1) is 22.7 Å².